The van der Waals surface area contributed by atoms with E-state index in [1.807, 2.05) is 18.2 Å². The lowest BCUT2D eigenvalue weighted by atomic mass is 10.1. The molecule has 0 saturated heterocycles. The first-order valence-corrected chi connectivity index (χ1v) is 6.85. The molecule has 3 nitrogen and oxygen atoms in total. The first kappa shape index (κ1) is 15.1. The lowest BCUT2D eigenvalue weighted by Crippen LogP contribution is -2.24. The predicted molar refractivity (Wildman–Crippen MR) is 79.1 cm³/mol. The summed E-state index contributed by atoms with van der Waals surface area (Å²) in [5, 5.41) is 13.1. The number of nitrogens with one attached hydrogen (secondary N) is 1. The van der Waals surface area contributed by atoms with E-state index in [1.165, 1.54) is 0 Å². The van der Waals surface area contributed by atoms with Crippen LogP contribution in [0, 0.1) is 0 Å². The van der Waals surface area contributed by atoms with Gasteiger partial charge < -0.3 is 15.2 Å². The predicted octanol–water partition coefficient (Wildman–Crippen LogP) is 3.56. The number of phenols is 1. The minimum Gasteiger partial charge on any atom is -0.503 e. The second kappa shape index (κ2) is 7.44. The minimum absolute atomic E-state index is 0.131. The van der Waals surface area contributed by atoms with Crippen molar-refractivity contribution in [1.82, 2.24) is 5.32 Å². The maximum atomic E-state index is 9.71. The maximum absolute atomic E-state index is 9.71. The Morgan fingerprint density at radius 3 is 2.83 bits per heavy atom. The third kappa shape index (κ3) is 4.35. The number of rotatable bonds is 6. The summed E-state index contributed by atoms with van der Waals surface area (Å²) in [6.45, 7) is 5.26. The fourth-order valence-corrected chi connectivity index (χ4v) is 2.00. The van der Waals surface area contributed by atoms with Crippen molar-refractivity contribution in [3.05, 3.63) is 28.2 Å². The molecule has 0 spiro atoms. The van der Waals surface area contributed by atoms with E-state index in [4.69, 9.17) is 4.74 Å². The van der Waals surface area contributed by atoms with E-state index in [0.29, 0.717) is 16.3 Å². The van der Waals surface area contributed by atoms with Crippen molar-refractivity contribution in [3.8, 4) is 11.5 Å². The number of ether oxygens (including phenoxy) is 1. The number of methoxy groups -OCH3 is 1. The molecular formula is C14H20BrNO2. The highest BCUT2D eigenvalue weighted by molar-refractivity contribution is 9.10. The summed E-state index contributed by atoms with van der Waals surface area (Å²) in [5.41, 5.74) is 0.988. The molecular weight excluding hydrogens is 294 g/mol. The van der Waals surface area contributed by atoms with Gasteiger partial charge in [0.25, 0.3) is 0 Å². The molecule has 0 bridgehead atoms. The lowest BCUT2D eigenvalue weighted by Gasteiger charge is -2.09. The van der Waals surface area contributed by atoms with Crippen molar-refractivity contribution < 1.29 is 9.84 Å². The molecule has 4 heteroatoms. The second-order valence-electron chi connectivity index (χ2n) is 4.16. The van der Waals surface area contributed by atoms with Gasteiger partial charge in [-0.15, -0.1) is 0 Å². The molecule has 18 heavy (non-hydrogen) atoms. The van der Waals surface area contributed by atoms with E-state index in [1.54, 1.807) is 7.11 Å². The molecule has 0 fully saturated rings. The van der Waals surface area contributed by atoms with Crippen LogP contribution >= 0.6 is 15.9 Å². The molecule has 1 unspecified atom stereocenters. The lowest BCUT2D eigenvalue weighted by molar-refractivity contribution is 0.372. The molecule has 0 heterocycles. The summed E-state index contributed by atoms with van der Waals surface area (Å²) >= 11 is 3.31. The normalized spacial score (nSPS) is 12.9. The van der Waals surface area contributed by atoms with Gasteiger partial charge in [-0.05, 0) is 53.5 Å². The zero-order valence-electron chi connectivity index (χ0n) is 11.0. The van der Waals surface area contributed by atoms with Gasteiger partial charge in [0.2, 0.25) is 0 Å². The van der Waals surface area contributed by atoms with Crippen LogP contribution in [0.15, 0.2) is 22.7 Å². The molecule has 1 rings (SSSR count). The summed E-state index contributed by atoms with van der Waals surface area (Å²) in [6, 6.07) is 3.99. The van der Waals surface area contributed by atoms with Crippen molar-refractivity contribution >= 4 is 22.0 Å². The molecule has 0 amide bonds. The minimum atomic E-state index is 0.131. The molecule has 2 N–H and O–H groups in total. The van der Waals surface area contributed by atoms with Crippen molar-refractivity contribution in [2.24, 2.45) is 0 Å². The van der Waals surface area contributed by atoms with Gasteiger partial charge >= 0.3 is 0 Å². The Morgan fingerprint density at radius 1 is 1.50 bits per heavy atom. The van der Waals surface area contributed by atoms with Crippen LogP contribution in [0.4, 0.5) is 0 Å². The first-order valence-electron chi connectivity index (χ1n) is 6.06. The molecule has 0 aliphatic heterocycles. The van der Waals surface area contributed by atoms with Gasteiger partial charge in [0.15, 0.2) is 11.5 Å². The van der Waals surface area contributed by atoms with E-state index in [9.17, 15) is 5.11 Å². The van der Waals surface area contributed by atoms with Crippen LogP contribution in [0.1, 0.15) is 25.8 Å². The molecule has 0 aliphatic carbocycles. The van der Waals surface area contributed by atoms with E-state index >= 15 is 0 Å². The molecule has 1 aromatic rings. The highest BCUT2D eigenvalue weighted by Gasteiger charge is 2.07. The Bertz CT molecular complexity index is 419. The van der Waals surface area contributed by atoms with Crippen LogP contribution in [0.5, 0.6) is 11.5 Å². The van der Waals surface area contributed by atoms with Gasteiger partial charge in [0.05, 0.1) is 11.6 Å². The Labute approximate surface area is 117 Å². The Morgan fingerprint density at radius 2 is 2.22 bits per heavy atom. The standard InChI is InChI=1S/C14H20BrNO2/c1-4-7-16-10(2)5-6-11-8-12(15)14(17)13(9-11)18-3/h5-6,8-10,16-17H,4,7H2,1-3H3/b6-5+. The van der Waals surface area contributed by atoms with E-state index < -0.39 is 0 Å². The number of benzene rings is 1. The molecule has 0 aromatic heterocycles. The van der Waals surface area contributed by atoms with Crippen LogP contribution in [0.2, 0.25) is 0 Å². The molecule has 0 radical (unpaired) electrons. The Hall–Kier alpha value is -1.00. The molecule has 0 aliphatic rings. The van der Waals surface area contributed by atoms with Crippen molar-refractivity contribution in [3.63, 3.8) is 0 Å². The average Bonchev–Trinajstić information content (AvgIpc) is 2.37. The number of hydrogen-bond donors (Lipinski definition) is 2. The highest BCUT2D eigenvalue weighted by atomic mass is 79.9. The quantitative estimate of drug-likeness (QED) is 0.843. The second-order valence-corrected chi connectivity index (χ2v) is 5.01. The fraction of sp³-hybridized carbons (Fsp3) is 0.429. The summed E-state index contributed by atoms with van der Waals surface area (Å²) < 4.78 is 5.74. The van der Waals surface area contributed by atoms with Crippen molar-refractivity contribution in [2.75, 3.05) is 13.7 Å². The van der Waals surface area contributed by atoms with Gasteiger partial charge in [-0.3, -0.25) is 0 Å². The van der Waals surface area contributed by atoms with E-state index in [0.717, 1.165) is 18.5 Å². The van der Waals surface area contributed by atoms with Crippen molar-refractivity contribution in [2.45, 2.75) is 26.3 Å². The smallest absolute Gasteiger partial charge is 0.172 e. The largest absolute Gasteiger partial charge is 0.503 e. The van der Waals surface area contributed by atoms with E-state index in [-0.39, 0.29) is 5.75 Å². The highest BCUT2D eigenvalue weighted by Crippen LogP contribution is 2.35. The molecule has 1 atom stereocenters. The maximum Gasteiger partial charge on any atom is 0.172 e. The summed E-state index contributed by atoms with van der Waals surface area (Å²) in [6.07, 6.45) is 5.23. The van der Waals surface area contributed by atoms with E-state index in [2.05, 4.69) is 41.2 Å². The van der Waals surface area contributed by atoms with Crippen LogP contribution in [-0.2, 0) is 0 Å². The Balaban J connectivity index is 2.78. The topological polar surface area (TPSA) is 41.5 Å². The number of halogens is 1. The Kier molecular flexibility index (Phi) is 6.22. The first-order chi connectivity index (χ1) is 8.58. The van der Waals surface area contributed by atoms with Crippen LogP contribution in [0.25, 0.3) is 6.08 Å². The molecule has 0 saturated carbocycles. The summed E-state index contributed by atoms with van der Waals surface area (Å²) in [7, 11) is 1.54. The third-order valence-electron chi connectivity index (χ3n) is 2.56. The molecule has 1 aromatic carbocycles. The SMILES string of the molecule is CCCNC(C)/C=C/c1cc(Br)c(O)c(OC)c1. The van der Waals surface area contributed by atoms with Crippen LogP contribution in [0.3, 0.4) is 0 Å². The number of aromatic hydroxyl groups is 1. The summed E-state index contributed by atoms with van der Waals surface area (Å²) in [4.78, 5) is 0. The van der Waals surface area contributed by atoms with Gasteiger partial charge in [0.1, 0.15) is 0 Å². The van der Waals surface area contributed by atoms with Gasteiger partial charge in [-0.2, -0.15) is 0 Å². The zero-order chi connectivity index (χ0) is 13.5. The molecule has 100 valence electrons. The third-order valence-corrected chi connectivity index (χ3v) is 3.17. The van der Waals surface area contributed by atoms with Gasteiger partial charge in [-0.25, -0.2) is 0 Å². The van der Waals surface area contributed by atoms with Crippen LogP contribution in [-0.4, -0.2) is 24.8 Å². The number of phenolic OH excluding ortho intramolecular Hbond substituents is 1. The van der Waals surface area contributed by atoms with Crippen LogP contribution < -0.4 is 10.1 Å². The monoisotopic (exact) mass is 313 g/mol. The van der Waals surface area contributed by atoms with Gasteiger partial charge in [0, 0.05) is 6.04 Å². The van der Waals surface area contributed by atoms with Gasteiger partial charge in [-0.1, -0.05) is 19.1 Å². The fourth-order valence-electron chi connectivity index (χ4n) is 1.54. The van der Waals surface area contributed by atoms with Crippen molar-refractivity contribution in [1.29, 1.82) is 0 Å². The zero-order valence-corrected chi connectivity index (χ0v) is 12.6. The summed E-state index contributed by atoms with van der Waals surface area (Å²) in [5.74, 6) is 0.602. The average molecular weight is 314 g/mol. The number of hydrogen-bond acceptors (Lipinski definition) is 3.